The lowest BCUT2D eigenvalue weighted by Gasteiger charge is -2.46. The second-order valence-electron chi connectivity index (χ2n) is 4.54. The van der Waals surface area contributed by atoms with Crippen molar-refractivity contribution in [1.29, 1.82) is 0 Å². The molecule has 0 radical (unpaired) electrons. The highest BCUT2D eigenvalue weighted by atomic mass is 79.9. The summed E-state index contributed by atoms with van der Waals surface area (Å²) >= 11 is 3.65. The Bertz CT molecular complexity index is 407. The zero-order chi connectivity index (χ0) is 11.1. The molecule has 0 amide bonds. The molecule has 0 aliphatic carbocycles. The molecule has 3 nitrogen and oxygen atoms in total. The molecular formula is C12H16BrN3. The van der Waals surface area contributed by atoms with Crippen molar-refractivity contribution in [3.05, 3.63) is 22.7 Å². The van der Waals surface area contributed by atoms with Crippen LogP contribution in [0.3, 0.4) is 0 Å². The van der Waals surface area contributed by atoms with Crippen molar-refractivity contribution in [2.45, 2.75) is 6.04 Å². The quantitative estimate of drug-likeness (QED) is 0.781. The van der Waals surface area contributed by atoms with E-state index >= 15 is 0 Å². The van der Waals surface area contributed by atoms with E-state index in [2.05, 4.69) is 56.3 Å². The third kappa shape index (κ3) is 1.52. The number of rotatable bonds is 0. The van der Waals surface area contributed by atoms with E-state index in [0.717, 1.165) is 26.2 Å². The lowest BCUT2D eigenvalue weighted by atomic mass is 10.1. The van der Waals surface area contributed by atoms with Crippen LogP contribution in [0.1, 0.15) is 0 Å². The van der Waals surface area contributed by atoms with Gasteiger partial charge in [0.2, 0.25) is 0 Å². The van der Waals surface area contributed by atoms with Gasteiger partial charge in [0.05, 0.1) is 17.4 Å². The van der Waals surface area contributed by atoms with Gasteiger partial charge in [-0.15, -0.1) is 0 Å². The molecule has 1 aromatic carbocycles. The SMILES string of the molecule is CN1CC2CNCCN2c2cccc(Br)c21. The zero-order valence-corrected chi connectivity index (χ0v) is 11.0. The van der Waals surface area contributed by atoms with E-state index in [4.69, 9.17) is 0 Å². The molecule has 2 aliphatic heterocycles. The summed E-state index contributed by atoms with van der Waals surface area (Å²) in [6.07, 6.45) is 0. The number of benzene rings is 1. The van der Waals surface area contributed by atoms with Crippen LogP contribution in [-0.2, 0) is 0 Å². The van der Waals surface area contributed by atoms with Gasteiger partial charge in [0.25, 0.3) is 0 Å². The smallest absolute Gasteiger partial charge is 0.0746 e. The highest BCUT2D eigenvalue weighted by Crippen LogP contribution is 2.40. The summed E-state index contributed by atoms with van der Waals surface area (Å²) in [6.45, 7) is 4.40. The Kier molecular flexibility index (Phi) is 2.56. The van der Waals surface area contributed by atoms with Crippen molar-refractivity contribution in [1.82, 2.24) is 5.32 Å². The van der Waals surface area contributed by atoms with E-state index in [-0.39, 0.29) is 0 Å². The molecule has 2 heterocycles. The summed E-state index contributed by atoms with van der Waals surface area (Å²) in [4.78, 5) is 4.89. The summed E-state index contributed by atoms with van der Waals surface area (Å²) in [5, 5.41) is 3.47. The second-order valence-corrected chi connectivity index (χ2v) is 5.39. The summed E-state index contributed by atoms with van der Waals surface area (Å²) in [6, 6.07) is 7.09. The van der Waals surface area contributed by atoms with Crippen molar-refractivity contribution in [2.24, 2.45) is 0 Å². The number of para-hydroxylation sites is 1. The number of anilines is 2. The third-order valence-electron chi connectivity index (χ3n) is 3.49. The standard InChI is InChI=1S/C12H16BrN3/c1-15-8-9-7-14-5-6-16(9)11-4-2-3-10(13)12(11)15/h2-4,9,14H,5-8H2,1H3. The molecule has 4 heteroatoms. The van der Waals surface area contributed by atoms with Gasteiger partial charge in [-0.3, -0.25) is 0 Å². The highest BCUT2D eigenvalue weighted by molar-refractivity contribution is 9.10. The lowest BCUT2D eigenvalue weighted by Crippen LogP contribution is -2.58. The Labute approximate surface area is 105 Å². The molecule has 1 unspecified atom stereocenters. The maximum Gasteiger partial charge on any atom is 0.0746 e. The van der Waals surface area contributed by atoms with Crippen molar-refractivity contribution in [3.63, 3.8) is 0 Å². The minimum absolute atomic E-state index is 0.612. The van der Waals surface area contributed by atoms with Gasteiger partial charge in [0.15, 0.2) is 0 Å². The number of hydrogen-bond acceptors (Lipinski definition) is 3. The average Bonchev–Trinajstić information content (AvgIpc) is 2.29. The van der Waals surface area contributed by atoms with Crippen LogP contribution in [0.15, 0.2) is 22.7 Å². The topological polar surface area (TPSA) is 18.5 Å². The van der Waals surface area contributed by atoms with Crippen LogP contribution in [0.25, 0.3) is 0 Å². The maximum atomic E-state index is 3.65. The molecule has 3 rings (SSSR count). The number of nitrogens with zero attached hydrogens (tertiary/aromatic N) is 2. The molecule has 1 aromatic rings. The minimum atomic E-state index is 0.612. The Morgan fingerprint density at radius 3 is 3.19 bits per heavy atom. The number of halogens is 1. The van der Waals surface area contributed by atoms with Crippen LogP contribution in [0.4, 0.5) is 11.4 Å². The Morgan fingerprint density at radius 1 is 1.44 bits per heavy atom. The molecule has 0 spiro atoms. The van der Waals surface area contributed by atoms with Gasteiger partial charge in [-0.05, 0) is 28.1 Å². The Morgan fingerprint density at radius 2 is 2.31 bits per heavy atom. The van der Waals surface area contributed by atoms with Gasteiger partial charge >= 0.3 is 0 Å². The molecular weight excluding hydrogens is 266 g/mol. The first kappa shape index (κ1) is 10.4. The first-order valence-corrected chi connectivity index (χ1v) is 6.53. The Balaban J connectivity index is 2.08. The third-order valence-corrected chi connectivity index (χ3v) is 4.13. The molecule has 0 saturated carbocycles. The number of piperazine rings is 1. The van der Waals surface area contributed by atoms with Gasteiger partial charge in [0.1, 0.15) is 0 Å². The van der Waals surface area contributed by atoms with Crippen LogP contribution in [0, 0.1) is 0 Å². The number of hydrogen-bond donors (Lipinski definition) is 1. The van der Waals surface area contributed by atoms with E-state index in [1.165, 1.54) is 15.8 Å². The summed E-state index contributed by atoms with van der Waals surface area (Å²) < 4.78 is 1.20. The highest BCUT2D eigenvalue weighted by Gasteiger charge is 2.31. The molecule has 1 fully saturated rings. The average molecular weight is 282 g/mol. The number of nitrogens with one attached hydrogen (secondary N) is 1. The van der Waals surface area contributed by atoms with Crippen molar-refractivity contribution in [3.8, 4) is 0 Å². The van der Waals surface area contributed by atoms with Crippen molar-refractivity contribution < 1.29 is 0 Å². The number of fused-ring (bicyclic) bond motifs is 3. The van der Waals surface area contributed by atoms with E-state index in [9.17, 15) is 0 Å². The van der Waals surface area contributed by atoms with Gasteiger partial charge in [-0.25, -0.2) is 0 Å². The van der Waals surface area contributed by atoms with E-state index < -0.39 is 0 Å². The molecule has 0 bridgehead atoms. The van der Waals surface area contributed by atoms with Crippen LogP contribution in [0.2, 0.25) is 0 Å². The van der Waals surface area contributed by atoms with Gasteiger partial charge < -0.3 is 15.1 Å². The van der Waals surface area contributed by atoms with Crippen molar-refractivity contribution >= 4 is 27.3 Å². The predicted octanol–water partition coefficient (Wildman–Crippen LogP) is 1.68. The maximum absolute atomic E-state index is 3.65. The fourth-order valence-electron chi connectivity index (χ4n) is 2.76. The molecule has 1 saturated heterocycles. The van der Waals surface area contributed by atoms with Crippen LogP contribution in [-0.4, -0.2) is 39.3 Å². The van der Waals surface area contributed by atoms with Gasteiger partial charge in [0, 0.05) is 37.7 Å². The molecule has 16 heavy (non-hydrogen) atoms. The van der Waals surface area contributed by atoms with Crippen LogP contribution >= 0.6 is 15.9 Å². The summed E-state index contributed by atoms with van der Waals surface area (Å²) in [5.41, 5.74) is 2.70. The first-order valence-electron chi connectivity index (χ1n) is 5.74. The summed E-state index contributed by atoms with van der Waals surface area (Å²) in [7, 11) is 2.18. The van der Waals surface area contributed by atoms with Crippen LogP contribution in [0.5, 0.6) is 0 Å². The van der Waals surface area contributed by atoms with Gasteiger partial charge in [-0.2, -0.15) is 0 Å². The predicted molar refractivity (Wildman–Crippen MR) is 71.4 cm³/mol. The Hall–Kier alpha value is -0.740. The molecule has 86 valence electrons. The zero-order valence-electron chi connectivity index (χ0n) is 9.41. The molecule has 1 atom stereocenters. The molecule has 0 aromatic heterocycles. The van der Waals surface area contributed by atoms with Crippen LogP contribution < -0.4 is 15.1 Å². The fraction of sp³-hybridized carbons (Fsp3) is 0.500. The van der Waals surface area contributed by atoms with E-state index in [1.807, 2.05) is 0 Å². The monoisotopic (exact) mass is 281 g/mol. The fourth-order valence-corrected chi connectivity index (χ4v) is 3.42. The van der Waals surface area contributed by atoms with Crippen molar-refractivity contribution in [2.75, 3.05) is 43.0 Å². The normalized spacial score (nSPS) is 24.0. The molecule has 1 N–H and O–H groups in total. The van der Waals surface area contributed by atoms with E-state index in [0.29, 0.717) is 6.04 Å². The molecule has 2 aliphatic rings. The minimum Gasteiger partial charge on any atom is -0.370 e. The lowest BCUT2D eigenvalue weighted by molar-refractivity contribution is 0.465. The first-order chi connectivity index (χ1) is 7.77. The second kappa shape index (κ2) is 3.93. The summed E-state index contributed by atoms with van der Waals surface area (Å²) in [5.74, 6) is 0. The number of likely N-dealkylation sites (N-methyl/N-ethyl adjacent to an activating group) is 1. The van der Waals surface area contributed by atoms with Gasteiger partial charge in [-0.1, -0.05) is 6.07 Å². The van der Waals surface area contributed by atoms with E-state index in [1.54, 1.807) is 0 Å². The largest absolute Gasteiger partial charge is 0.370 e.